The lowest BCUT2D eigenvalue weighted by molar-refractivity contribution is -0.120. The van der Waals surface area contributed by atoms with Crippen molar-refractivity contribution in [3.63, 3.8) is 0 Å². The predicted molar refractivity (Wildman–Crippen MR) is 75.6 cm³/mol. The van der Waals surface area contributed by atoms with Crippen molar-refractivity contribution in [1.29, 1.82) is 0 Å². The van der Waals surface area contributed by atoms with Crippen LogP contribution in [0.25, 0.3) is 5.53 Å². The van der Waals surface area contributed by atoms with Gasteiger partial charge in [0.25, 0.3) is 0 Å². The first-order chi connectivity index (χ1) is 10.2. The van der Waals surface area contributed by atoms with Gasteiger partial charge in [0.2, 0.25) is 5.78 Å². The van der Waals surface area contributed by atoms with Crippen LogP contribution in [0.5, 0.6) is 0 Å². The molecule has 2 rings (SSSR count). The van der Waals surface area contributed by atoms with Crippen LogP contribution in [0.15, 0.2) is 30.3 Å². The van der Waals surface area contributed by atoms with Gasteiger partial charge >= 0.3 is 12.3 Å². The molecular weight excluding hydrogens is 270 g/mol. The minimum absolute atomic E-state index is 0.215. The summed E-state index contributed by atoms with van der Waals surface area (Å²) in [5.74, 6) is -0.586. The smallest absolute Gasteiger partial charge is 0.410 e. The van der Waals surface area contributed by atoms with Crippen molar-refractivity contribution in [3.8, 4) is 0 Å². The van der Waals surface area contributed by atoms with Crippen molar-refractivity contribution in [1.82, 2.24) is 4.90 Å². The lowest BCUT2D eigenvalue weighted by Gasteiger charge is -2.30. The number of hydrogen-bond donors (Lipinski definition) is 0. The number of hydrogen-bond acceptors (Lipinski definition) is 3. The Morgan fingerprint density at radius 2 is 2.14 bits per heavy atom. The lowest BCUT2D eigenvalue weighted by Crippen LogP contribution is -2.42. The van der Waals surface area contributed by atoms with Crippen LogP contribution in [0.4, 0.5) is 4.79 Å². The lowest BCUT2D eigenvalue weighted by atomic mass is 9.94. The number of carbonyl (C=O) groups excluding carboxylic acids is 2. The largest absolute Gasteiger partial charge is 0.445 e. The van der Waals surface area contributed by atoms with Crippen molar-refractivity contribution in [2.45, 2.75) is 19.4 Å². The van der Waals surface area contributed by atoms with Crippen molar-refractivity contribution in [2.24, 2.45) is 5.92 Å². The molecule has 6 heteroatoms. The quantitative estimate of drug-likeness (QED) is 0.481. The van der Waals surface area contributed by atoms with Crippen LogP contribution < -0.4 is 0 Å². The molecule has 0 saturated carbocycles. The second kappa shape index (κ2) is 7.36. The molecule has 1 saturated heterocycles. The Bertz CT molecular complexity index is 553. The number of rotatable bonds is 4. The van der Waals surface area contributed by atoms with E-state index in [2.05, 4.69) is 4.79 Å². The summed E-state index contributed by atoms with van der Waals surface area (Å²) in [6.45, 7) is 1.10. The van der Waals surface area contributed by atoms with Gasteiger partial charge in [0.15, 0.2) is 0 Å². The second-order valence-electron chi connectivity index (χ2n) is 4.97. The zero-order chi connectivity index (χ0) is 15.1. The first kappa shape index (κ1) is 14.9. The number of Topliss-reactive ketones (excluding diaryl/α,β-unsaturated/α-hetero) is 1. The van der Waals surface area contributed by atoms with Gasteiger partial charge in [-0.05, 0) is 18.4 Å². The van der Waals surface area contributed by atoms with E-state index in [-0.39, 0.29) is 18.3 Å². The van der Waals surface area contributed by atoms with Gasteiger partial charge in [-0.15, -0.1) is 0 Å². The summed E-state index contributed by atoms with van der Waals surface area (Å²) in [4.78, 5) is 27.9. The monoisotopic (exact) mass is 287 g/mol. The number of ketones is 1. The van der Waals surface area contributed by atoms with Gasteiger partial charge in [-0.25, -0.2) is 4.79 Å². The normalized spacial score (nSPS) is 17.7. The van der Waals surface area contributed by atoms with Crippen LogP contribution in [0.3, 0.4) is 0 Å². The Morgan fingerprint density at radius 3 is 2.86 bits per heavy atom. The van der Waals surface area contributed by atoms with Crippen LogP contribution in [0.2, 0.25) is 0 Å². The van der Waals surface area contributed by atoms with Crippen LogP contribution >= 0.6 is 0 Å². The maximum absolute atomic E-state index is 12.0. The highest BCUT2D eigenvalue weighted by Crippen LogP contribution is 2.18. The van der Waals surface area contributed by atoms with Gasteiger partial charge in [-0.1, -0.05) is 30.3 Å². The van der Waals surface area contributed by atoms with E-state index in [0.29, 0.717) is 19.5 Å². The molecule has 6 nitrogen and oxygen atoms in total. The number of piperidine rings is 1. The van der Waals surface area contributed by atoms with Crippen LogP contribution in [-0.2, 0) is 16.1 Å². The third-order valence-electron chi connectivity index (χ3n) is 3.47. The van der Waals surface area contributed by atoms with Crippen molar-refractivity contribution in [2.75, 3.05) is 13.1 Å². The molecule has 1 atom stereocenters. The molecule has 1 amide bonds. The highest BCUT2D eigenvalue weighted by Gasteiger charge is 2.29. The fourth-order valence-electron chi connectivity index (χ4n) is 2.35. The molecule has 1 aliphatic heterocycles. The van der Waals surface area contributed by atoms with E-state index in [1.54, 1.807) is 0 Å². The van der Waals surface area contributed by atoms with Crippen molar-refractivity contribution >= 4 is 18.1 Å². The Labute approximate surface area is 122 Å². The van der Waals surface area contributed by atoms with Crippen LogP contribution in [0.1, 0.15) is 18.4 Å². The zero-order valence-corrected chi connectivity index (χ0v) is 11.6. The van der Waals surface area contributed by atoms with Gasteiger partial charge in [-0.3, -0.25) is 4.79 Å². The Morgan fingerprint density at radius 1 is 1.38 bits per heavy atom. The molecular formula is C15H17N3O3. The average molecular weight is 287 g/mol. The number of ether oxygens (including phenoxy) is 1. The fraction of sp³-hybridized carbons (Fsp3) is 0.400. The summed E-state index contributed by atoms with van der Waals surface area (Å²) >= 11 is 0. The molecule has 1 fully saturated rings. The minimum Gasteiger partial charge on any atom is -0.445 e. The first-order valence-corrected chi connectivity index (χ1v) is 6.87. The molecule has 0 aromatic heterocycles. The van der Waals surface area contributed by atoms with Crippen molar-refractivity contribution < 1.29 is 19.1 Å². The minimum atomic E-state index is -0.419. The molecule has 1 heterocycles. The highest BCUT2D eigenvalue weighted by atomic mass is 16.6. The van der Waals surface area contributed by atoms with E-state index in [1.807, 2.05) is 30.3 Å². The van der Waals surface area contributed by atoms with Gasteiger partial charge in [-0.2, -0.15) is 4.79 Å². The van der Waals surface area contributed by atoms with Crippen LogP contribution in [0, 0.1) is 5.92 Å². The van der Waals surface area contributed by atoms with E-state index >= 15 is 0 Å². The number of benzene rings is 1. The Balaban J connectivity index is 1.87. The summed E-state index contributed by atoms with van der Waals surface area (Å²) in [5.41, 5.74) is 9.32. The molecule has 110 valence electrons. The molecule has 0 bridgehead atoms. The average Bonchev–Trinajstić information content (AvgIpc) is 2.54. The Hall–Kier alpha value is -2.46. The van der Waals surface area contributed by atoms with Gasteiger partial charge < -0.3 is 15.2 Å². The summed E-state index contributed by atoms with van der Waals surface area (Å²) < 4.78 is 5.25. The van der Waals surface area contributed by atoms with E-state index in [0.717, 1.165) is 18.2 Å². The van der Waals surface area contributed by atoms with Gasteiger partial charge in [0, 0.05) is 19.0 Å². The SMILES string of the molecule is [N-]=[N+]=CC(=O)[C@H]1CCCN(C(=O)OCc2ccccc2)C1. The standard InChI is InChI=1S/C15H17N3O3/c16-17-9-14(19)13-7-4-8-18(10-13)15(20)21-11-12-5-2-1-3-6-12/h1-3,5-6,9,13H,4,7-8,10-11H2/t13-/m0/s1. The topological polar surface area (TPSA) is 83.0 Å². The molecule has 1 aromatic rings. The summed E-state index contributed by atoms with van der Waals surface area (Å²) in [5, 5.41) is 0. The number of likely N-dealkylation sites (tertiary alicyclic amines) is 1. The van der Waals surface area contributed by atoms with E-state index in [9.17, 15) is 9.59 Å². The summed E-state index contributed by atoms with van der Waals surface area (Å²) in [7, 11) is 0. The fourth-order valence-corrected chi connectivity index (χ4v) is 2.35. The molecule has 0 spiro atoms. The molecule has 0 radical (unpaired) electrons. The maximum atomic E-state index is 12.0. The predicted octanol–water partition coefficient (Wildman–Crippen LogP) is 1.90. The van der Waals surface area contributed by atoms with Gasteiger partial charge in [0.1, 0.15) is 6.61 Å². The van der Waals surface area contributed by atoms with Crippen LogP contribution in [-0.4, -0.2) is 40.9 Å². The summed E-state index contributed by atoms with van der Waals surface area (Å²) in [6.07, 6.45) is 1.89. The molecule has 0 unspecified atom stereocenters. The zero-order valence-electron chi connectivity index (χ0n) is 11.6. The molecule has 0 N–H and O–H groups in total. The van der Waals surface area contributed by atoms with E-state index < -0.39 is 6.09 Å². The third-order valence-corrected chi connectivity index (χ3v) is 3.47. The molecule has 1 aromatic carbocycles. The second-order valence-corrected chi connectivity index (χ2v) is 4.97. The van der Waals surface area contributed by atoms with E-state index in [4.69, 9.17) is 10.3 Å². The number of amides is 1. The highest BCUT2D eigenvalue weighted by molar-refractivity contribution is 6.26. The Kier molecular flexibility index (Phi) is 5.23. The maximum Gasteiger partial charge on any atom is 0.410 e. The van der Waals surface area contributed by atoms with E-state index in [1.165, 1.54) is 4.90 Å². The van der Waals surface area contributed by atoms with Crippen molar-refractivity contribution in [3.05, 3.63) is 41.4 Å². The number of carbonyl (C=O) groups is 2. The molecule has 1 aliphatic rings. The molecule has 21 heavy (non-hydrogen) atoms. The summed E-state index contributed by atoms with van der Waals surface area (Å²) in [6, 6.07) is 9.43. The third kappa shape index (κ3) is 4.26. The molecule has 0 aliphatic carbocycles. The first-order valence-electron chi connectivity index (χ1n) is 6.87. The van der Waals surface area contributed by atoms with Gasteiger partial charge in [0.05, 0.1) is 0 Å². The number of nitrogens with zero attached hydrogens (tertiary/aromatic N) is 3.